The summed E-state index contributed by atoms with van der Waals surface area (Å²) in [6.45, 7) is 8.63. The van der Waals surface area contributed by atoms with Crippen LogP contribution < -0.4 is 0 Å². The Balaban J connectivity index is 1.72. The normalized spacial score (nSPS) is 25.0. The first-order valence-electron chi connectivity index (χ1n) is 12.1. The third-order valence-corrected chi connectivity index (χ3v) is 6.88. The minimum atomic E-state index is -0.158. The average Bonchev–Trinajstić information content (AvgIpc) is 2.75. The van der Waals surface area contributed by atoms with Crippen LogP contribution >= 0.6 is 0 Å². The molecule has 2 nitrogen and oxygen atoms in total. The number of rotatable bonds is 9. The van der Waals surface area contributed by atoms with Gasteiger partial charge in [0.15, 0.2) is 6.29 Å². The van der Waals surface area contributed by atoms with Crippen LogP contribution in [0.15, 0.2) is 18.2 Å². The molecule has 1 unspecified atom stereocenters. The lowest BCUT2D eigenvalue weighted by atomic mass is 9.80. The molecule has 1 aliphatic carbocycles. The first-order valence-corrected chi connectivity index (χ1v) is 12.1. The van der Waals surface area contributed by atoms with Crippen molar-refractivity contribution in [3.63, 3.8) is 0 Å². The van der Waals surface area contributed by atoms with Crippen molar-refractivity contribution in [1.29, 1.82) is 0 Å². The topological polar surface area (TPSA) is 18.5 Å². The largest absolute Gasteiger partial charge is 0.348 e. The van der Waals surface area contributed by atoms with Gasteiger partial charge in [-0.3, -0.25) is 0 Å². The summed E-state index contributed by atoms with van der Waals surface area (Å²) < 4.78 is 12.5. The van der Waals surface area contributed by atoms with Gasteiger partial charge in [0.25, 0.3) is 0 Å². The number of unbranched alkanes of at least 4 members (excludes halogenated alkanes) is 2. The van der Waals surface area contributed by atoms with Gasteiger partial charge in [-0.05, 0) is 48.6 Å². The van der Waals surface area contributed by atoms with Gasteiger partial charge in [0.1, 0.15) is 0 Å². The first kappa shape index (κ1) is 21.8. The number of hydrogen-bond donors (Lipinski definition) is 0. The molecule has 28 heavy (non-hydrogen) atoms. The molecule has 0 amide bonds. The van der Waals surface area contributed by atoms with Crippen LogP contribution in [0.4, 0.5) is 0 Å². The molecule has 0 spiro atoms. The van der Waals surface area contributed by atoms with Gasteiger partial charge in [-0.25, -0.2) is 0 Å². The maximum atomic E-state index is 6.26. The van der Waals surface area contributed by atoms with E-state index in [9.17, 15) is 0 Å². The molecule has 1 atom stereocenters. The Morgan fingerprint density at radius 2 is 1.68 bits per heavy atom. The molecule has 3 rings (SSSR count). The maximum Gasteiger partial charge on any atom is 0.184 e. The van der Waals surface area contributed by atoms with E-state index in [-0.39, 0.29) is 6.29 Å². The van der Waals surface area contributed by atoms with Crippen molar-refractivity contribution in [2.24, 2.45) is 5.92 Å². The van der Waals surface area contributed by atoms with Crippen molar-refractivity contribution < 1.29 is 9.47 Å². The molecule has 0 N–H and O–H groups in total. The zero-order valence-corrected chi connectivity index (χ0v) is 18.6. The van der Waals surface area contributed by atoms with Gasteiger partial charge < -0.3 is 9.47 Å². The molecule has 0 aromatic heterocycles. The summed E-state index contributed by atoms with van der Waals surface area (Å²) in [4.78, 5) is 0. The smallest absolute Gasteiger partial charge is 0.184 e. The summed E-state index contributed by atoms with van der Waals surface area (Å²) in [5, 5.41) is 0. The molecule has 0 bridgehead atoms. The zero-order valence-electron chi connectivity index (χ0n) is 18.6. The molecule has 1 saturated carbocycles. The van der Waals surface area contributed by atoms with E-state index < -0.39 is 0 Å². The molecule has 1 aliphatic heterocycles. The third kappa shape index (κ3) is 5.83. The fraction of sp³-hybridized carbons (Fsp3) is 0.769. The molecule has 1 heterocycles. The predicted octanol–water partition coefficient (Wildman–Crippen LogP) is 7.88. The quantitative estimate of drug-likeness (QED) is 0.402. The van der Waals surface area contributed by atoms with E-state index in [0.717, 1.165) is 13.2 Å². The fourth-order valence-corrected chi connectivity index (χ4v) is 5.05. The van der Waals surface area contributed by atoms with E-state index in [4.69, 9.17) is 9.47 Å². The summed E-state index contributed by atoms with van der Waals surface area (Å²) in [6, 6.07) is 7.17. The second kappa shape index (κ2) is 11.4. The van der Waals surface area contributed by atoms with Gasteiger partial charge in [-0.1, -0.05) is 83.9 Å². The average molecular weight is 387 g/mol. The van der Waals surface area contributed by atoms with Crippen molar-refractivity contribution in [3.05, 3.63) is 34.9 Å². The van der Waals surface area contributed by atoms with E-state index in [1.807, 2.05) is 0 Å². The Morgan fingerprint density at radius 3 is 2.36 bits per heavy atom. The highest BCUT2D eigenvalue weighted by Gasteiger charge is 2.28. The fourth-order valence-electron chi connectivity index (χ4n) is 5.05. The molecule has 2 aliphatic rings. The van der Waals surface area contributed by atoms with Crippen LogP contribution in [0.3, 0.4) is 0 Å². The molecule has 2 heteroatoms. The van der Waals surface area contributed by atoms with E-state index in [2.05, 4.69) is 39.0 Å². The summed E-state index contributed by atoms with van der Waals surface area (Å²) >= 11 is 0. The van der Waals surface area contributed by atoms with Crippen molar-refractivity contribution >= 4 is 0 Å². The highest BCUT2D eigenvalue weighted by molar-refractivity contribution is 5.37. The SMILES string of the molecule is CCCCCC1COC(c2ccc(C(C)CCC)cc2C2CCCCC2)OC1. The minimum absolute atomic E-state index is 0.158. The Labute approximate surface area is 173 Å². The van der Waals surface area contributed by atoms with Gasteiger partial charge in [0, 0.05) is 11.5 Å². The van der Waals surface area contributed by atoms with Crippen LogP contribution in [0.2, 0.25) is 0 Å². The number of benzene rings is 1. The molecule has 158 valence electrons. The van der Waals surface area contributed by atoms with Crippen LogP contribution in [0.25, 0.3) is 0 Å². The van der Waals surface area contributed by atoms with Crippen molar-refractivity contribution in [1.82, 2.24) is 0 Å². The molecular weight excluding hydrogens is 344 g/mol. The summed E-state index contributed by atoms with van der Waals surface area (Å²) in [6.07, 6.45) is 14.3. The second-order valence-corrected chi connectivity index (χ2v) is 9.27. The monoisotopic (exact) mass is 386 g/mol. The van der Waals surface area contributed by atoms with E-state index in [0.29, 0.717) is 17.8 Å². The lowest BCUT2D eigenvalue weighted by Gasteiger charge is -2.33. The summed E-state index contributed by atoms with van der Waals surface area (Å²) in [5.74, 6) is 1.90. The van der Waals surface area contributed by atoms with Crippen LogP contribution in [0, 0.1) is 5.92 Å². The number of hydrogen-bond acceptors (Lipinski definition) is 2. The van der Waals surface area contributed by atoms with Crippen LogP contribution in [-0.4, -0.2) is 13.2 Å². The summed E-state index contributed by atoms with van der Waals surface area (Å²) in [5.41, 5.74) is 4.33. The van der Waals surface area contributed by atoms with Crippen molar-refractivity contribution in [2.45, 2.75) is 110 Å². The molecule has 1 aromatic carbocycles. The zero-order chi connectivity index (χ0) is 19.8. The second-order valence-electron chi connectivity index (χ2n) is 9.27. The van der Waals surface area contributed by atoms with Crippen LogP contribution in [0.1, 0.15) is 126 Å². The number of ether oxygens (including phenoxy) is 2. The predicted molar refractivity (Wildman–Crippen MR) is 118 cm³/mol. The molecule has 1 aromatic rings. The van der Waals surface area contributed by atoms with Gasteiger partial charge in [0.05, 0.1) is 13.2 Å². The Kier molecular flexibility index (Phi) is 8.86. The lowest BCUT2D eigenvalue weighted by Crippen LogP contribution is -2.28. The Hall–Kier alpha value is -0.860. The third-order valence-electron chi connectivity index (χ3n) is 6.88. The van der Waals surface area contributed by atoms with E-state index in [1.54, 1.807) is 0 Å². The van der Waals surface area contributed by atoms with E-state index >= 15 is 0 Å². The van der Waals surface area contributed by atoms with Gasteiger partial charge >= 0.3 is 0 Å². The molecule has 1 saturated heterocycles. The van der Waals surface area contributed by atoms with Crippen LogP contribution in [-0.2, 0) is 9.47 Å². The molecule has 0 radical (unpaired) electrons. The first-order chi connectivity index (χ1) is 13.7. The van der Waals surface area contributed by atoms with Gasteiger partial charge in [0.2, 0.25) is 0 Å². The van der Waals surface area contributed by atoms with Crippen molar-refractivity contribution in [3.8, 4) is 0 Å². The van der Waals surface area contributed by atoms with Gasteiger partial charge in [-0.15, -0.1) is 0 Å². The highest BCUT2D eigenvalue weighted by Crippen LogP contribution is 2.40. The standard InChI is InChI=1S/C26H42O2/c1-4-6-8-12-21-18-27-26(28-19-21)24-16-15-23(20(3)11-5-2)17-25(24)22-13-9-7-10-14-22/h15-17,20-22,26H,4-14,18-19H2,1-3H3. The van der Waals surface area contributed by atoms with Crippen LogP contribution in [0.5, 0.6) is 0 Å². The highest BCUT2D eigenvalue weighted by atomic mass is 16.7. The van der Waals surface area contributed by atoms with Gasteiger partial charge in [-0.2, -0.15) is 0 Å². The molecule has 2 fully saturated rings. The van der Waals surface area contributed by atoms with Crippen molar-refractivity contribution in [2.75, 3.05) is 13.2 Å². The Bertz CT molecular complexity index is 568. The minimum Gasteiger partial charge on any atom is -0.348 e. The summed E-state index contributed by atoms with van der Waals surface area (Å²) in [7, 11) is 0. The Morgan fingerprint density at radius 1 is 0.929 bits per heavy atom. The molecular formula is C26H42O2. The lowest BCUT2D eigenvalue weighted by molar-refractivity contribution is -0.206. The maximum absolute atomic E-state index is 6.26. The van der Waals surface area contributed by atoms with E-state index in [1.165, 1.54) is 87.3 Å².